The van der Waals surface area contributed by atoms with E-state index in [4.69, 9.17) is 24.3 Å². The summed E-state index contributed by atoms with van der Waals surface area (Å²) in [6, 6.07) is 24.0. The molecule has 242 valence electrons. The van der Waals surface area contributed by atoms with Crippen molar-refractivity contribution in [1.82, 2.24) is 20.2 Å². The molecule has 5 aromatic rings. The van der Waals surface area contributed by atoms with Gasteiger partial charge in [-0.05, 0) is 53.5 Å². The van der Waals surface area contributed by atoms with E-state index in [9.17, 15) is 9.59 Å². The van der Waals surface area contributed by atoms with E-state index in [1.165, 1.54) is 0 Å². The third kappa shape index (κ3) is 7.35. The zero-order valence-corrected chi connectivity index (χ0v) is 26.5. The summed E-state index contributed by atoms with van der Waals surface area (Å²) in [6.07, 6.45) is 2.61. The van der Waals surface area contributed by atoms with Crippen LogP contribution in [0.2, 0.25) is 0 Å². The van der Waals surface area contributed by atoms with Crippen molar-refractivity contribution in [2.75, 3.05) is 13.1 Å². The molecule has 3 aromatic carbocycles. The van der Waals surface area contributed by atoms with Crippen molar-refractivity contribution in [2.24, 2.45) is 5.73 Å². The second-order valence-corrected chi connectivity index (χ2v) is 11.8. The molecule has 47 heavy (non-hydrogen) atoms. The van der Waals surface area contributed by atoms with Crippen LogP contribution in [0.1, 0.15) is 81.8 Å². The minimum absolute atomic E-state index is 0.0191. The lowest BCUT2D eigenvalue weighted by atomic mass is 9.96. The summed E-state index contributed by atoms with van der Waals surface area (Å²) in [5.41, 5.74) is 9.75. The van der Waals surface area contributed by atoms with Gasteiger partial charge in [-0.2, -0.15) is 4.98 Å². The Balaban J connectivity index is 1.30. The van der Waals surface area contributed by atoms with Crippen molar-refractivity contribution >= 4 is 11.8 Å². The number of hydrogen-bond acceptors (Lipinski definition) is 9. The lowest BCUT2D eigenvalue weighted by Crippen LogP contribution is -2.27. The normalized spacial score (nSPS) is 12.9. The fourth-order valence-electron chi connectivity index (χ4n) is 5.61. The van der Waals surface area contributed by atoms with E-state index in [-0.39, 0.29) is 34.8 Å². The van der Waals surface area contributed by atoms with Crippen molar-refractivity contribution < 1.29 is 28.1 Å². The van der Waals surface area contributed by atoms with Crippen LogP contribution in [0, 0.1) is 0 Å². The number of carbonyl (C=O) groups excluding carboxylic acids is 2. The molecule has 0 bridgehead atoms. The van der Waals surface area contributed by atoms with E-state index in [0.717, 1.165) is 40.8 Å². The van der Waals surface area contributed by atoms with E-state index in [2.05, 4.69) is 35.2 Å². The van der Waals surface area contributed by atoms with Gasteiger partial charge in [0.05, 0.1) is 5.56 Å². The fraction of sp³-hybridized carbons (Fsp3) is 0.306. The van der Waals surface area contributed by atoms with Gasteiger partial charge in [0.1, 0.15) is 30.5 Å². The second-order valence-electron chi connectivity index (χ2n) is 11.8. The smallest absolute Gasteiger partial charge is 0.316 e. The van der Waals surface area contributed by atoms with Gasteiger partial charge in [0.15, 0.2) is 5.69 Å². The number of benzene rings is 3. The van der Waals surface area contributed by atoms with E-state index in [1.54, 1.807) is 4.90 Å². The molecule has 0 spiro atoms. The van der Waals surface area contributed by atoms with E-state index >= 15 is 0 Å². The first kappa shape index (κ1) is 31.5. The average Bonchev–Trinajstić information content (AvgIpc) is 3.88. The highest BCUT2D eigenvalue weighted by molar-refractivity contribution is 5.97. The molecule has 0 saturated carbocycles. The van der Waals surface area contributed by atoms with Crippen LogP contribution in [0.15, 0.2) is 81.8 Å². The Kier molecular flexibility index (Phi) is 9.61. The van der Waals surface area contributed by atoms with Crippen LogP contribution < -0.4 is 15.2 Å². The Hall–Kier alpha value is -5.45. The summed E-state index contributed by atoms with van der Waals surface area (Å²) in [5, 5.41) is 7.93. The van der Waals surface area contributed by atoms with Crippen LogP contribution in [0.3, 0.4) is 0 Å². The first-order valence-electron chi connectivity index (χ1n) is 15.8. The molecule has 1 fully saturated rings. The monoisotopic (exact) mass is 635 g/mol. The maximum atomic E-state index is 12.9. The van der Waals surface area contributed by atoms with Crippen LogP contribution in [0.4, 0.5) is 0 Å². The van der Waals surface area contributed by atoms with Gasteiger partial charge < -0.3 is 29.2 Å². The molecule has 0 unspecified atom stereocenters. The number of ether oxygens (including phenoxy) is 2. The van der Waals surface area contributed by atoms with Crippen molar-refractivity contribution in [3.05, 3.63) is 112 Å². The van der Waals surface area contributed by atoms with Gasteiger partial charge in [0.2, 0.25) is 5.82 Å². The zero-order valence-electron chi connectivity index (χ0n) is 26.5. The highest BCUT2D eigenvalue weighted by Crippen LogP contribution is 2.36. The predicted molar refractivity (Wildman–Crippen MR) is 173 cm³/mol. The molecule has 1 saturated heterocycles. The molecule has 1 aliphatic heterocycles. The van der Waals surface area contributed by atoms with Crippen molar-refractivity contribution in [3.8, 4) is 22.9 Å². The SMILES string of the molecule is CC(C)c1cc(CCc2onc(C(N)=O)c2-c2noc(C(=O)N3CCCC3)n2)c(OCc2ccccc2)cc1OCc1ccccc1. The largest absolute Gasteiger partial charge is 0.488 e. The molecule has 1 aliphatic rings. The quantitative estimate of drug-likeness (QED) is 0.161. The second kappa shape index (κ2) is 14.3. The number of primary amides is 1. The molecule has 2 N–H and O–H groups in total. The van der Waals surface area contributed by atoms with Crippen molar-refractivity contribution in [3.63, 3.8) is 0 Å². The van der Waals surface area contributed by atoms with Gasteiger partial charge in [-0.15, -0.1) is 0 Å². The molecule has 0 atom stereocenters. The fourth-order valence-corrected chi connectivity index (χ4v) is 5.61. The molecule has 6 rings (SSSR count). The van der Waals surface area contributed by atoms with Gasteiger partial charge in [0.25, 0.3) is 5.91 Å². The third-order valence-corrected chi connectivity index (χ3v) is 8.13. The molecule has 0 radical (unpaired) electrons. The average molecular weight is 636 g/mol. The number of nitrogens with two attached hydrogens (primary N) is 1. The summed E-state index contributed by atoms with van der Waals surface area (Å²) >= 11 is 0. The molecule has 0 aliphatic carbocycles. The van der Waals surface area contributed by atoms with Crippen LogP contribution in [0.5, 0.6) is 11.5 Å². The highest BCUT2D eigenvalue weighted by Gasteiger charge is 2.30. The molecular formula is C36H37N5O6. The summed E-state index contributed by atoms with van der Waals surface area (Å²) < 4.78 is 23.7. The lowest BCUT2D eigenvalue weighted by Gasteiger charge is -2.20. The molecule has 11 nitrogen and oxygen atoms in total. The number of likely N-dealkylation sites (tertiary alicyclic amines) is 1. The minimum Gasteiger partial charge on any atom is -0.488 e. The summed E-state index contributed by atoms with van der Waals surface area (Å²) in [4.78, 5) is 31.2. The van der Waals surface area contributed by atoms with E-state index in [1.807, 2.05) is 66.7 Å². The molecule has 2 amide bonds. The van der Waals surface area contributed by atoms with Crippen molar-refractivity contribution in [1.29, 1.82) is 0 Å². The molecule has 11 heteroatoms. The van der Waals surface area contributed by atoms with Crippen LogP contribution in [-0.4, -0.2) is 45.1 Å². The predicted octanol–water partition coefficient (Wildman–Crippen LogP) is 6.13. The third-order valence-electron chi connectivity index (χ3n) is 8.13. The standard InChI is InChI=1S/C36H37N5O6/c1-23(2)27-19-26(29(44-21-24-11-5-3-6-12-24)20-30(27)45-22-25-13-7-4-8-14-25)15-16-28-31(32(33(37)42)39-46-28)34-38-35(47-40-34)36(43)41-17-9-10-18-41/h3-8,11-14,19-20,23H,9-10,15-18,21-22H2,1-2H3,(H2,37,42). The lowest BCUT2D eigenvalue weighted by molar-refractivity contribution is 0.0743. The number of hydrogen-bond donors (Lipinski definition) is 1. The van der Waals surface area contributed by atoms with Crippen molar-refractivity contribution in [2.45, 2.75) is 58.7 Å². The van der Waals surface area contributed by atoms with Gasteiger partial charge >= 0.3 is 11.8 Å². The number of carbonyl (C=O) groups is 2. The number of aromatic nitrogens is 3. The van der Waals surface area contributed by atoms with E-state index < -0.39 is 5.91 Å². The summed E-state index contributed by atoms with van der Waals surface area (Å²) in [6.45, 7) is 6.27. The molecule has 2 aromatic heterocycles. The molecular weight excluding hydrogens is 598 g/mol. The zero-order chi connectivity index (χ0) is 32.8. The molecule has 3 heterocycles. The van der Waals surface area contributed by atoms with Gasteiger partial charge in [-0.25, -0.2) is 0 Å². The van der Waals surface area contributed by atoms with Gasteiger partial charge in [-0.1, -0.05) is 84.8 Å². The Labute approximate surface area is 272 Å². The topological polar surface area (TPSA) is 147 Å². The van der Waals surface area contributed by atoms with E-state index in [0.29, 0.717) is 50.7 Å². The van der Waals surface area contributed by atoms with Gasteiger partial charge in [-0.3, -0.25) is 9.59 Å². The van der Waals surface area contributed by atoms with Crippen LogP contribution in [0.25, 0.3) is 11.4 Å². The number of aryl methyl sites for hydroxylation is 2. The maximum Gasteiger partial charge on any atom is 0.316 e. The maximum absolute atomic E-state index is 12.9. The minimum atomic E-state index is -0.805. The first-order chi connectivity index (χ1) is 22.9. The van der Waals surface area contributed by atoms with Crippen LogP contribution in [-0.2, 0) is 26.1 Å². The number of rotatable bonds is 13. The van der Waals surface area contributed by atoms with Gasteiger partial charge in [0, 0.05) is 25.6 Å². The summed E-state index contributed by atoms with van der Waals surface area (Å²) in [5.74, 6) is 0.612. The Morgan fingerprint density at radius 1 is 0.851 bits per heavy atom. The number of amides is 2. The van der Waals surface area contributed by atoms with Crippen LogP contribution >= 0.6 is 0 Å². The Bertz CT molecular complexity index is 1830. The highest BCUT2D eigenvalue weighted by atomic mass is 16.5. The first-order valence-corrected chi connectivity index (χ1v) is 15.8. The summed E-state index contributed by atoms with van der Waals surface area (Å²) in [7, 11) is 0. The Morgan fingerprint density at radius 2 is 1.49 bits per heavy atom. The Morgan fingerprint density at radius 3 is 2.11 bits per heavy atom. The number of nitrogens with zero attached hydrogens (tertiary/aromatic N) is 4.